The van der Waals surface area contributed by atoms with E-state index in [1.807, 2.05) is 37.3 Å². The van der Waals surface area contributed by atoms with Gasteiger partial charge in [0.2, 0.25) is 0 Å². The Bertz CT molecular complexity index is 1110. The second-order valence-corrected chi connectivity index (χ2v) is 7.41. The molecule has 0 aliphatic rings. The summed E-state index contributed by atoms with van der Waals surface area (Å²) in [6.07, 6.45) is -3.76. The molecule has 0 amide bonds. The molecule has 0 saturated heterocycles. The highest BCUT2D eigenvalue weighted by atomic mass is 35.5. The largest absolute Gasteiger partial charge is 0.487 e. The zero-order chi connectivity index (χ0) is 23.1. The number of thiocarbonyl (C=S) groups is 1. The van der Waals surface area contributed by atoms with Crippen LogP contribution in [0.1, 0.15) is 23.7 Å². The number of anilines is 1. The van der Waals surface area contributed by atoms with Gasteiger partial charge in [-0.2, -0.15) is 18.3 Å². The van der Waals surface area contributed by atoms with Crippen molar-refractivity contribution < 1.29 is 17.9 Å². The molecule has 0 saturated carbocycles. The normalized spacial score (nSPS) is 11.7. The molecule has 32 heavy (non-hydrogen) atoms. The summed E-state index contributed by atoms with van der Waals surface area (Å²) in [7, 11) is 0. The van der Waals surface area contributed by atoms with E-state index in [0.29, 0.717) is 16.6 Å². The van der Waals surface area contributed by atoms with E-state index in [9.17, 15) is 13.2 Å². The second kappa shape index (κ2) is 10.4. The van der Waals surface area contributed by atoms with E-state index in [1.54, 1.807) is 24.3 Å². The van der Waals surface area contributed by atoms with Gasteiger partial charge in [0.15, 0.2) is 5.11 Å². The number of hydrogen-bond acceptors (Lipinski definition) is 4. The van der Waals surface area contributed by atoms with Gasteiger partial charge in [0.05, 0.1) is 22.0 Å². The number of benzene rings is 2. The molecule has 3 aromatic rings. The number of halogens is 4. The summed E-state index contributed by atoms with van der Waals surface area (Å²) in [6.45, 7) is 1.75. The molecular formula is C22H18ClF3N4OS. The van der Waals surface area contributed by atoms with Gasteiger partial charge in [-0.3, -0.25) is 10.4 Å². The van der Waals surface area contributed by atoms with Crippen LogP contribution in [0.15, 0.2) is 72.0 Å². The van der Waals surface area contributed by atoms with Crippen LogP contribution in [-0.4, -0.2) is 15.8 Å². The summed E-state index contributed by atoms with van der Waals surface area (Å²) < 4.78 is 43.7. The maximum atomic E-state index is 12.7. The fourth-order valence-corrected chi connectivity index (χ4v) is 2.94. The van der Waals surface area contributed by atoms with E-state index < -0.39 is 11.7 Å². The third-order valence-corrected chi connectivity index (χ3v) is 4.77. The number of hydrogen-bond donors (Lipinski definition) is 2. The van der Waals surface area contributed by atoms with Crippen LogP contribution in [0.2, 0.25) is 5.02 Å². The summed E-state index contributed by atoms with van der Waals surface area (Å²) >= 11 is 11.1. The predicted octanol–water partition coefficient (Wildman–Crippen LogP) is 6.04. The molecule has 166 valence electrons. The topological polar surface area (TPSA) is 58.5 Å². The van der Waals surface area contributed by atoms with Gasteiger partial charge in [0, 0.05) is 11.9 Å². The monoisotopic (exact) mass is 478 g/mol. The van der Waals surface area contributed by atoms with Gasteiger partial charge >= 0.3 is 6.18 Å². The molecule has 3 rings (SSSR count). The van der Waals surface area contributed by atoms with E-state index >= 15 is 0 Å². The average molecular weight is 479 g/mol. The Morgan fingerprint density at radius 1 is 1.12 bits per heavy atom. The highest BCUT2D eigenvalue weighted by Crippen LogP contribution is 2.31. The molecule has 0 aliphatic carbocycles. The maximum Gasteiger partial charge on any atom is 0.417 e. The fourth-order valence-electron chi connectivity index (χ4n) is 2.55. The van der Waals surface area contributed by atoms with Crippen LogP contribution in [0.3, 0.4) is 0 Å². The van der Waals surface area contributed by atoms with Crippen LogP contribution in [0.5, 0.6) is 5.75 Å². The van der Waals surface area contributed by atoms with Crippen molar-refractivity contribution in [3.63, 3.8) is 0 Å². The molecule has 1 aromatic heterocycles. The van der Waals surface area contributed by atoms with Crippen molar-refractivity contribution in [2.45, 2.75) is 19.7 Å². The second-order valence-electron chi connectivity index (χ2n) is 6.59. The lowest BCUT2D eigenvalue weighted by molar-refractivity contribution is -0.137. The zero-order valence-electron chi connectivity index (χ0n) is 16.8. The number of nitrogens with zero attached hydrogens (tertiary/aromatic N) is 2. The van der Waals surface area contributed by atoms with Crippen LogP contribution < -0.4 is 15.5 Å². The molecule has 5 nitrogen and oxygen atoms in total. The molecule has 2 N–H and O–H groups in total. The number of nitrogens with one attached hydrogen (secondary N) is 2. The minimum absolute atomic E-state index is 0.0651. The molecule has 2 aromatic carbocycles. The van der Waals surface area contributed by atoms with Crippen molar-refractivity contribution in [3.05, 3.63) is 88.7 Å². The summed E-state index contributed by atoms with van der Waals surface area (Å²) in [5.41, 5.74) is 4.47. The van der Waals surface area contributed by atoms with Crippen LogP contribution in [0.4, 0.5) is 18.9 Å². The van der Waals surface area contributed by atoms with Crippen molar-refractivity contribution in [2.75, 3.05) is 5.32 Å². The number of hydrazone groups is 1. The molecular weight excluding hydrogens is 461 g/mol. The molecule has 0 spiro atoms. The Kier molecular flexibility index (Phi) is 7.66. The Balaban J connectivity index is 1.55. The van der Waals surface area contributed by atoms with Crippen LogP contribution in [0.25, 0.3) is 0 Å². The number of rotatable bonds is 6. The molecule has 0 aliphatic heterocycles. The van der Waals surface area contributed by atoms with Gasteiger partial charge in [-0.25, -0.2) is 0 Å². The Labute approximate surface area is 193 Å². The molecule has 0 unspecified atom stereocenters. The van der Waals surface area contributed by atoms with E-state index in [2.05, 4.69) is 20.8 Å². The maximum absolute atomic E-state index is 12.7. The van der Waals surface area contributed by atoms with E-state index in [-0.39, 0.29) is 17.3 Å². The molecule has 0 atom stereocenters. The molecule has 0 radical (unpaired) electrons. The molecule has 0 bridgehead atoms. The van der Waals surface area contributed by atoms with Crippen molar-refractivity contribution in [1.82, 2.24) is 10.4 Å². The molecule has 10 heteroatoms. The van der Waals surface area contributed by atoms with Gasteiger partial charge in [-0.1, -0.05) is 29.8 Å². The molecule has 1 heterocycles. The lowest BCUT2D eigenvalue weighted by Gasteiger charge is -2.11. The van der Waals surface area contributed by atoms with Crippen molar-refractivity contribution in [2.24, 2.45) is 5.10 Å². The fraction of sp³-hybridized carbons (Fsp3) is 0.136. The van der Waals surface area contributed by atoms with Crippen molar-refractivity contribution in [1.29, 1.82) is 0 Å². The highest BCUT2D eigenvalue weighted by molar-refractivity contribution is 7.80. The van der Waals surface area contributed by atoms with E-state index in [1.165, 1.54) is 0 Å². The number of para-hydroxylation sites is 1. The van der Waals surface area contributed by atoms with Crippen LogP contribution in [0, 0.1) is 0 Å². The van der Waals surface area contributed by atoms with Crippen molar-refractivity contribution in [3.8, 4) is 5.75 Å². The lowest BCUT2D eigenvalue weighted by atomic mass is 10.1. The zero-order valence-corrected chi connectivity index (χ0v) is 18.4. The Morgan fingerprint density at radius 3 is 2.44 bits per heavy atom. The highest BCUT2D eigenvalue weighted by Gasteiger charge is 2.31. The standard InChI is InChI=1S/C22H18ClF3N4OS/c1-14(29-30-21(32)28-17-5-3-2-4-6-17)15-7-9-18(10-8-15)31-13-20-19(23)11-16(12-27-20)22(24,25)26/h2-12H,13H2,1H3,(H2,28,30,32)/b29-14+. The number of alkyl halides is 3. The average Bonchev–Trinajstić information content (AvgIpc) is 2.77. The first-order chi connectivity index (χ1) is 15.2. The van der Waals surface area contributed by atoms with Crippen LogP contribution in [-0.2, 0) is 12.8 Å². The first kappa shape index (κ1) is 23.5. The third kappa shape index (κ3) is 6.66. The first-order valence-corrected chi connectivity index (χ1v) is 10.1. The Hall–Kier alpha value is -3.17. The number of pyridine rings is 1. The van der Waals surface area contributed by atoms with E-state index in [4.69, 9.17) is 28.6 Å². The van der Waals surface area contributed by atoms with Gasteiger partial charge in [-0.15, -0.1) is 0 Å². The third-order valence-electron chi connectivity index (χ3n) is 4.25. The minimum atomic E-state index is -4.50. The predicted molar refractivity (Wildman–Crippen MR) is 123 cm³/mol. The first-order valence-electron chi connectivity index (χ1n) is 9.33. The SMILES string of the molecule is C/C(=N\NC(=S)Nc1ccccc1)c1ccc(OCc2ncc(C(F)(F)F)cc2Cl)cc1. The van der Waals surface area contributed by atoms with Crippen LogP contribution >= 0.6 is 23.8 Å². The van der Waals surface area contributed by atoms with Gasteiger partial charge in [0.25, 0.3) is 0 Å². The molecule has 0 fully saturated rings. The minimum Gasteiger partial charge on any atom is -0.487 e. The lowest BCUT2D eigenvalue weighted by Crippen LogP contribution is -2.24. The quantitative estimate of drug-likeness (QED) is 0.257. The smallest absolute Gasteiger partial charge is 0.417 e. The van der Waals surface area contributed by atoms with E-state index in [0.717, 1.165) is 23.5 Å². The van der Waals surface area contributed by atoms with Gasteiger partial charge in [-0.05, 0) is 67.2 Å². The van der Waals surface area contributed by atoms with Gasteiger partial charge in [0.1, 0.15) is 12.4 Å². The number of aromatic nitrogens is 1. The Morgan fingerprint density at radius 2 is 1.81 bits per heavy atom. The summed E-state index contributed by atoms with van der Waals surface area (Å²) in [4.78, 5) is 3.75. The van der Waals surface area contributed by atoms with Crippen molar-refractivity contribution >= 4 is 40.3 Å². The summed E-state index contributed by atoms with van der Waals surface area (Å²) in [5, 5.41) is 7.53. The number of ether oxygens (including phenoxy) is 1. The van der Waals surface area contributed by atoms with Gasteiger partial charge < -0.3 is 10.1 Å². The summed E-state index contributed by atoms with van der Waals surface area (Å²) in [6, 6.07) is 17.3. The summed E-state index contributed by atoms with van der Waals surface area (Å²) in [5.74, 6) is 0.508.